The lowest BCUT2D eigenvalue weighted by atomic mass is 9.71. The highest BCUT2D eigenvalue weighted by Crippen LogP contribution is 2.37. The second kappa shape index (κ2) is 5.38. The fraction of sp³-hybridized carbons (Fsp3) is 0.929. The summed E-state index contributed by atoms with van der Waals surface area (Å²) >= 11 is 0. The topological polar surface area (TPSA) is 72.8 Å². The number of aliphatic hydroxyl groups excluding tert-OH is 1. The van der Waals surface area contributed by atoms with Crippen molar-refractivity contribution in [3.05, 3.63) is 0 Å². The van der Waals surface area contributed by atoms with Crippen LogP contribution in [-0.2, 0) is 4.79 Å². The minimum absolute atomic E-state index is 0.000733. The van der Waals surface area contributed by atoms with Crippen LogP contribution in [0.1, 0.15) is 39.5 Å². The van der Waals surface area contributed by atoms with Gasteiger partial charge in [-0.1, -0.05) is 0 Å². The number of hydrogen-bond donors (Lipinski definition) is 3. The lowest BCUT2D eigenvalue weighted by molar-refractivity contribution is -0.149. The number of hydrogen-bond acceptors (Lipinski definition) is 4. The number of rotatable bonds is 3. The Bertz CT molecular complexity index is 340. The average Bonchev–Trinajstić information content (AvgIpc) is 2.33. The molecule has 0 aromatic carbocycles. The Morgan fingerprint density at radius 3 is 2.89 bits per heavy atom. The molecule has 5 heteroatoms. The van der Waals surface area contributed by atoms with E-state index in [0.29, 0.717) is 19.4 Å². The quantitative estimate of drug-likeness (QED) is 0.680. The lowest BCUT2D eigenvalue weighted by Gasteiger charge is -2.47. The van der Waals surface area contributed by atoms with E-state index in [9.17, 15) is 15.0 Å². The zero-order chi connectivity index (χ0) is 14.1. The van der Waals surface area contributed by atoms with Crippen molar-refractivity contribution in [3.63, 3.8) is 0 Å². The molecule has 0 saturated carbocycles. The van der Waals surface area contributed by atoms with Gasteiger partial charge in [0.2, 0.25) is 5.91 Å². The van der Waals surface area contributed by atoms with Gasteiger partial charge in [-0.2, -0.15) is 0 Å². The molecule has 2 heterocycles. The molecular formula is C14H26N2O3. The number of piperidine rings is 2. The van der Waals surface area contributed by atoms with Gasteiger partial charge < -0.3 is 20.4 Å². The Hall–Kier alpha value is -0.650. The van der Waals surface area contributed by atoms with Gasteiger partial charge in [-0.05, 0) is 39.5 Å². The first kappa shape index (κ1) is 14.8. The Morgan fingerprint density at radius 1 is 1.53 bits per heavy atom. The van der Waals surface area contributed by atoms with Crippen molar-refractivity contribution >= 4 is 5.91 Å². The maximum Gasteiger partial charge on any atom is 0.230 e. The number of aliphatic hydroxyl groups is 2. The molecule has 19 heavy (non-hydrogen) atoms. The molecule has 2 atom stereocenters. The molecule has 0 unspecified atom stereocenters. The SMILES string of the molecule is CC(C)(O)CCN1CC[C@@H](O)[C@@]2(CCCNC2=O)C1. The molecular weight excluding hydrogens is 244 g/mol. The molecule has 2 saturated heterocycles. The largest absolute Gasteiger partial charge is 0.392 e. The van der Waals surface area contributed by atoms with Gasteiger partial charge in [-0.25, -0.2) is 0 Å². The summed E-state index contributed by atoms with van der Waals surface area (Å²) in [5, 5.41) is 23.0. The van der Waals surface area contributed by atoms with E-state index in [2.05, 4.69) is 10.2 Å². The molecule has 2 aliphatic rings. The molecule has 2 aliphatic heterocycles. The summed E-state index contributed by atoms with van der Waals surface area (Å²) in [6.07, 6.45) is 2.48. The summed E-state index contributed by atoms with van der Waals surface area (Å²) in [6.45, 7) is 6.49. The van der Waals surface area contributed by atoms with Crippen molar-refractivity contribution in [3.8, 4) is 0 Å². The van der Waals surface area contributed by atoms with Crippen LogP contribution in [0.3, 0.4) is 0 Å². The number of carbonyl (C=O) groups excluding carboxylic acids is 1. The van der Waals surface area contributed by atoms with Crippen molar-refractivity contribution in [2.24, 2.45) is 5.41 Å². The van der Waals surface area contributed by atoms with Gasteiger partial charge >= 0.3 is 0 Å². The van der Waals surface area contributed by atoms with Crippen LogP contribution in [0.5, 0.6) is 0 Å². The molecule has 1 spiro atoms. The smallest absolute Gasteiger partial charge is 0.230 e. The average molecular weight is 270 g/mol. The predicted octanol–water partition coefficient (Wildman–Crippen LogP) is 0.110. The summed E-state index contributed by atoms with van der Waals surface area (Å²) < 4.78 is 0. The molecule has 0 aliphatic carbocycles. The first-order valence-electron chi connectivity index (χ1n) is 7.25. The summed E-state index contributed by atoms with van der Waals surface area (Å²) in [6, 6.07) is 0. The maximum atomic E-state index is 12.2. The van der Waals surface area contributed by atoms with Crippen molar-refractivity contribution in [2.75, 3.05) is 26.2 Å². The van der Waals surface area contributed by atoms with Crippen LogP contribution in [0.15, 0.2) is 0 Å². The van der Waals surface area contributed by atoms with Gasteiger partial charge in [0.15, 0.2) is 0 Å². The van der Waals surface area contributed by atoms with Gasteiger partial charge in [0.05, 0.1) is 17.1 Å². The highest BCUT2D eigenvalue weighted by atomic mass is 16.3. The van der Waals surface area contributed by atoms with E-state index in [1.165, 1.54) is 0 Å². The number of nitrogens with one attached hydrogen (secondary N) is 1. The van der Waals surface area contributed by atoms with Crippen molar-refractivity contribution in [1.29, 1.82) is 0 Å². The highest BCUT2D eigenvalue weighted by molar-refractivity contribution is 5.84. The Kier molecular flexibility index (Phi) is 4.18. The first-order valence-corrected chi connectivity index (χ1v) is 7.25. The van der Waals surface area contributed by atoms with Gasteiger partial charge in [0.1, 0.15) is 0 Å². The minimum atomic E-state index is -0.682. The number of likely N-dealkylation sites (tertiary alicyclic amines) is 1. The van der Waals surface area contributed by atoms with Crippen molar-refractivity contribution in [1.82, 2.24) is 10.2 Å². The minimum Gasteiger partial charge on any atom is -0.392 e. The molecule has 3 N–H and O–H groups in total. The third kappa shape index (κ3) is 3.27. The summed E-state index contributed by atoms with van der Waals surface area (Å²) in [5.74, 6) is -0.000733. The highest BCUT2D eigenvalue weighted by Gasteiger charge is 2.49. The van der Waals surface area contributed by atoms with Crippen LogP contribution in [0.2, 0.25) is 0 Å². The van der Waals surface area contributed by atoms with Gasteiger partial charge in [0.25, 0.3) is 0 Å². The summed E-state index contributed by atoms with van der Waals surface area (Å²) in [5.41, 5.74) is -1.31. The van der Waals surface area contributed by atoms with Crippen LogP contribution in [0.25, 0.3) is 0 Å². The molecule has 0 radical (unpaired) electrons. The van der Waals surface area contributed by atoms with Crippen LogP contribution < -0.4 is 5.32 Å². The van der Waals surface area contributed by atoms with Crippen LogP contribution in [0, 0.1) is 5.41 Å². The standard InChI is InChI=1S/C14H26N2O3/c1-13(2,19)6-9-16-8-4-11(17)14(10-16)5-3-7-15-12(14)18/h11,17,19H,3-10H2,1-2H3,(H,15,18)/t11-,14-/m1/s1. The maximum absolute atomic E-state index is 12.2. The van der Waals surface area contributed by atoms with Crippen molar-refractivity contribution < 1.29 is 15.0 Å². The Balaban J connectivity index is 2.01. The van der Waals surface area contributed by atoms with Crippen LogP contribution >= 0.6 is 0 Å². The second-order valence-electron chi connectivity index (χ2n) is 6.66. The Morgan fingerprint density at radius 2 is 2.26 bits per heavy atom. The predicted molar refractivity (Wildman–Crippen MR) is 72.7 cm³/mol. The number of nitrogens with zero attached hydrogens (tertiary/aromatic N) is 1. The first-order chi connectivity index (χ1) is 8.83. The molecule has 1 amide bonds. The van der Waals surface area contributed by atoms with E-state index in [4.69, 9.17) is 0 Å². The van der Waals surface area contributed by atoms with Crippen LogP contribution in [-0.4, -0.2) is 58.9 Å². The second-order valence-corrected chi connectivity index (χ2v) is 6.66. The van der Waals surface area contributed by atoms with Crippen molar-refractivity contribution in [2.45, 2.75) is 51.2 Å². The van der Waals surface area contributed by atoms with E-state index >= 15 is 0 Å². The monoisotopic (exact) mass is 270 g/mol. The Labute approximate surface area is 115 Å². The zero-order valence-electron chi connectivity index (χ0n) is 12.0. The molecule has 2 fully saturated rings. The molecule has 0 bridgehead atoms. The van der Waals surface area contributed by atoms with E-state index in [1.54, 1.807) is 13.8 Å². The third-order valence-electron chi connectivity index (χ3n) is 4.44. The molecule has 0 aromatic heterocycles. The van der Waals surface area contributed by atoms with Crippen LogP contribution in [0.4, 0.5) is 0 Å². The van der Waals surface area contributed by atoms with Gasteiger partial charge in [-0.15, -0.1) is 0 Å². The number of carbonyl (C=O) groups is 1. The lowest BCUT2D eigenvalue weighted by Crippen LogP contribution is -2.61. The number of amides is 1. The van der Waals surface area contributed by atoms with E-state index < -0.39 is 17.1 Å². The van der Waals surface area contributed by atoms with E-state index in [0.717, 1.165) is 32.5 Å². The third-order valence-corrected chi connectivity index (χ3v) is 4.44. The molecule has 5 nitrogen and oxygen atoms in total. The molecule has 2 rings (SSSR count). The summed E-state index contributed by atoms with van der Waals surface area (Å²) in [7, 11) is 0. The fourth-order valence-corrected chi connectivity index (χ4v) is 3.15. The van der Waals surface area contributed by atoms with Gasteiger partial charge in [-0.3, -0.25) is 4.79 Å². The van der Waals surface area contributed by atoms with Gasteiger partial charge in [0, 0.05) is 26.2 Å². The molecule has 110 valence electrons. The van der Waals surface area contributed by atoms with E-state index in [-0.39, 0.29) is 5.91 Å². The fourth-order valence-electron chi connectivity index (χ4n) is 3.15. The summed E-state index contributed by atoms with van der Waals surface area (Å²) in [4.78, 5) is 14.4. The molecule has 0 aromatic rings. The normalized spacial score (nSPS) is 33.5. The zero-order valence-corrected chi connectivity index (χ0v) is 12.0. The van der Waals surface area contributed by atoms with E-state index in [1.807, 2.05) is 0 Å².